The van der Waals surface area contributed by atoms with Crippen LogP contribution in [0.1, 0.15) is 17.9 Å². The Labute approximate surface area is 174 Å². The molecule has 0 atom stereocenters. The molecule has 1 fully saturated rings. The lowest BCUT2D eigenvalue weighted by atomic mass is 10.2. The molecule has 1 N–H and O–H groups in total. The van der Waals surface area contributed by atoms with E-state index in [1.54, 1.807) is 18.4 Å². The van der Waals surface area contributed by atoms with Crippen molar-refractivity contribution in [1.82, 2.24) is 20.1 Å². The number of aromatic nitrogens is 1. The van der Waals surface area contributed by atoms with Gasteiger partial charge in [-0.3, -0.25) is 14.5 Å². The molecule has 9 heteroatoms. The predicted octanol–water partition coefficient (Wildman–Crippen LogP) is 1.55. The fourth-order valence-corrected chi connectivity index (χ4v) is 3.86. The van der Waals surface area contributed by atoms with E-state index in [2.05, 4.69) is 15.2 Å². The maximum atomic E-state index is 12.7. The van der Waals surface area contributed by atoms with Crippen molar-refractivity contribution in [3.8, 4) is 10.8 Å². The largest absolute Gasteiger partial charge is 0.440 e. The Kier molecular flexibility index (Phi) is 7.79. The summed E-state index contributed by atoms with van der Waals surface area (Å²) in [6.07, 6.45) is 1.04. The van der Waals surface area contributed by atoms with Crippen LogP contribution in [0.3, 0.4) is 0 Å². The molecule has 0 unspecified atom stereocenters. The molecular weight excluding hydrogens is 392 g/mol. The first-order valence-electron chi connectivity index (χ1n) is 9.82. The van der Waals surface area contributed by atoms with E-state index in [1.165, 1.54) is 0 Å². The van der Waals surface area contributed by atoms with E-state index >= 15 is 0 Å². The van der Waals surface area contributed by atoms with Gasteiger partial charge in [0.1, 0.15) is 5.76 Å². The minimum Gasteiger partial charge on any atom is -0.440 e. The second-order valence-corrected chi connectivity index (χ2v) is 7.98. The SMILES string of the molecule is COCCCNC(=O)CN1CCN(C(=O)Cc2nc(-c3cccs3)oc2C)CC1. The lowest BCUT2D eigenvalue weighted by molar-refractivity contribution is -0.132. The highest BCUT2D eigenvalue weighted by Crippen LogP contribution is 2.26. The number of carbonyl (C=O) groups is 2. The smallest absolute Gasteiger partial charge is 0.236 e. The van der Waals surface area contributed by atoms with Crippen LogP contribution < -0.4 is 5.32 Å². The Bertz CT molecular complexity index is 798. The van der Waals surface area contributed by atoms with Crippen LogP contribution >= 0.6 is 11.3 Å². The highest BCUT2D eigenvalue weighted by molar-refractivity contribution is 7.13. The van der Waals surface area contributed by atoms with Gasteiger partial charge in [0.25, 0.3) is 0 Å². The molecule has 0 radical (unpaired) electrons. The molecule has 0 saturated carbocycles. The first-order chi connectivity index (χ1) is 14.1. The van der Waals surface area contributed by atoms with Gasteiger partial charge < -0.3 is 19.4 Å². The summed E-state index contributed by atoms with van der Waals surface area (Å²) < 4.78 is 10.7. The van der Waals surface area contributed by atoms with Crippen LogP contribution in [-0.2, 0) is 20.7 Å². The van der Waals surface area contributed by atoms with Gasteiger partial charge in [-0.2, -0.15) is 0 Å². The summed E-state index contributed by atoms with van der Waals surface area (Å²) in [6, 6.07) is 3.90. The number of thiophene rings is 1. The monoisotopic (exact) mass is 420 g/mol. The molecule has 0 bridgehead atoms. The first-order valence-corrected chi connectivity index (χ1v) is 10.7. The second-order valence-electron chi connectivity index (χ2n) is 7.03. The second kappa shape index (κ2) is 10.5. The number of rotatable bonds is 9. The van der Waals surface area contributed by atoms with Gasteiger partial charge in [-0.15, -0.1) is 11.3 Å². The number of hydrogen-bond donors (Lipinski definition) is 1. The summed E-state index contributed by atoms with van der Waals surface area (Å²) in [5, 5.41) is 4.86. The van der Waals surface area contributed by atoms with Gasteiger partial charge in [0.15, 0.2) is 0 Å². The number of nitrogens with one attached hydrogen (secondary N) is 1. The maximum absolute atomic E-state index is 12.7. The zero-order valence-corrected chi connectivity index (χ0v) is 17.8. The number of methoxy groups -OCH3 is 1. The van der Waals surface area contributed by atoms with Crippen LogP contribution in [0.5, 0.6) is 0 Å². The topological polar surface area (TPSA) is 87.9 Å². The lowest BCUT2D eigenvalue weighted by Gasteiger charge is -2.34. The summed E-state index contributed by atoms with van der Waals surface area (Å²) in [5.41, 5.74) is 0.691. The number of piperazine rings is 1. The van der Waals surface area contributed by atoms with Crippen LogP contribution in [0.4, 0.5) is 0 Å². The fourth-order valence-electron chi connectivity index (χ4n) is 3.21. The van der Waals surface area contributed by atoms with E-state index in [4.69, 9.17) is 9.15 Å². The van der Waals surface area contributed by atoms with E-state index < -0.39 is 0 Å². The third-order valence-electron chi connectivity index (χ3n) is 4.88. The molecule has 158 valence electrons. The zero-order chi connectivity index (χ0) is 20.6. The van der Waals surface area contributed by atoms with Gasteiger partial charge in [-0.1, -0.05) is 6.07 Å². The Hall–Kier alpha value is -2.23. The van der Waals surface area contributed by atoms with E-state index in [0.29, 0.717) is 63.2 Å². The predicted molar refractivity (Wildman–Crippen MR) is 111 cm³/mol. The van der Waals surface area contributed by atoms with Crippen LogP contribution in [0.15, 0.2) is 21.9 Å². The lowest BCUT2D eigenvalue weighted by Crippen LogP contribution is -2.51. The van der Waals surface area contributed by atoms with Crippen molar-refractivity contribution >= 4 is 23.2 Å². The number of hydrogen-bond acceptors (Lipinski definition) is 7. The molecule has 2 amide bonds. The van der Waals surface area contributed by atoms with Crippen LogP contribution in [0, 0.1) is 6.92 Å². The van der Waals surface area contributed by atoms with Gasteiger partial charge in [0.2, 0.25) is 17.7 Å². The van der Waals surface area contributed by atoms with Gasteiger partial charge in [-0.05, 0) is 24.8 Å². The molecular formula is C20H28N4O4S. The molecule has 0 aromatic carbocycles. The van der Waals surface area contributed by atoms with E-state index in [-0.39, 0.29) is 18.2 Å². The van der Waals surface area contributed by atoms with Crippen molar-refractivity contribution in [2.24, 2.45) is 0 Å². The molecule has 29 heavy (non-hydrogen) atoms. The molecule has 1 saturated heterocycles. The highest BCUT2D eigenvalue weighted by Gasteiger charge is 2.24. The molecule has 2 aromatic heterocycles. The molecule has 0 spiro atoms. The molecule has 0 aliphatic carbocycles. The third-order valence-corrected chi connectivity index (χ3v) is 5.74. The summed E-state index contributed by atoms with van der Waals surface area (Å²) >= 11 is 1.56. The molecule has 1 aliphatic heterocycles. The number of nitrogens with zero attached hydrogens (tertiary/aromatic N) is 3. The molecule has 1 aliphatic rings. The zero-order valence-electron chi connectivity index (χ0n) is 17.0. The summed E-state index contributed by atoms with van der Waals surface area (Å²) in [5.74, 6) is 1.31. The summed E-state index contributed by atoms with van der Waals surface area (Å²) in [4.78, 5) is 34.0. The van der Waals surface area contributed by atoms with Gasteiger partial charge >= 0.3 is 0 Å². The van der Waals surface area contributed by atoms with Crippen LogP contribution in [-0.4, -0.2) is 79.6 Å². The average molecular weight is 421 g/mol. The van der Waals surface area contributed by atoms with Crippen molar-refractivity contribution in [3.63, 3.8) is 0 Å². The van der Waals surface area contributed by atoms with Crippen LogP contribution in [0.2, 0.25) is 0 Å². The number of carbonyl (C=O) groups excluding carboxylic acids is 2. The molecule has 3 heterocycles. The Balaban J connectivity index is 1.43. The standard InChI is InChI=1S/C20H28N4O4S/c1-15-16(22-20(28-15)17-5-3-12-29-17)13-19(26)24-9-7-23(8-10-24)14-18(25)21-6-4-11-27-2/h3,5,12H,4,6-11,13-14H2,1-2H3,(H,21,25). The maximum Gasteiger partial charge on any atom is 0.236 e. The quantitative estimate of drug-likeness (QED) is 0.620. The Morgan fingerprint density at radius 3 is 2.79 bits per heavy atom. The van der Waals surface area contributed by atoms with Crippen LogP contribution in [0.25, 0.3) is 10.8 Å². The van der Waals surface area contributed by atoms with E-state index in [9.17, 15) is 9.59 Å². The number of oxazole rings is 1. The van der Waals surface area contributed by atoms with E-state index in [1.807, 2.05) is 29.3 Å². The van der Waals surface area contributed by atoms with Crippen molar-refractivity contribution in [2.45, 2.75) is 19.8 Å². The van der Waals surface area contributed by atoms with Crippen molar-refractivity contribution < 1.29 is 18.7 Å². The molecule has 2 aromatic rings. The third kappa shape index (κ3) is 6.12. The highest BCUT2D eigenvalue weighted by atomic mass is 32.1. The minimum absolute atomic E-state index is 0.0141. The summed E-state index contributed by atoms with van der Waals surface area (Å²) in [6.45, 7) is 6.08. The molecule has 8 nitrogen and oxygen atoms in total. The van der Waals surface area contributed by atoms with Gasteiger partial charge in [0, 0.05) is 46.4 Å². The van der Waals surface area contributed by atoms with Gasteiger partial charge in [-0.25, -0.2) is 4.98 Å². The van der Waals surface area contributed by atoms with Crippen molar-refractivity contribution in [3.05, 3.63) is 29.0 Å². The van der Waals surface area contributed by atoms with Gasteiger partial charge in [0.05, 0.1) is 23.5 Å². The van der Waals surface area contributed by atoms with E-state index in [0.717, 1.165) is 11.3 Å². The summed E-state index contributed by atoms with van der Waals surface area (Å²) in [7, 11) is 1.65. The number of aryl methyl sites for hydroxylation is 1. The van der Waals surface area contributed by atoms with Crippen molar-refractivity contribution in [1.29, 1.82) is 0 Å². The van der Waals surface area contributed by atoms with Crippen molar-refractivity contribution in [2.75, 3.05) is 53.0 Å². The minimum atomic E-state index is 0.0141. The normalized spacial score (nSPS) is 14.9. The average Bonchev–Trinajstić information content (AvgIpc) is 3.36. The first kappa shape index (κ1) is 21.5. The Morgan fingerprint density at radius 2 is 2.10 bits per heavy atom. The Morgan fingerprint density at radius 1 is 1.31 bits per heavy atom. The fraction of sp³-hybridized carbons (Fsp3) is 0.550. The molecule has 3 rings (SSSR count). The number of ether oxygens (including phenoxy) is 1. The number of amides is 2.